The predicted molar refractivity (Wildman–Crippen MR) is 73.9 cm³/mol. The average Bonchev–Trinajstić information content (AvgIpc) is 2.39. The molecular formula is C15H26O2. The minimum atomic E-state index is 0.584. The summed E-state index contributed by atoms with van der Waals surface area (Å²) < 4.78 is 9.96. The Kier molecular flexibility index (Phi) is 9.55. The quantitative estimate of drug-likeness (QED) is 0.763. The highest BCUT2D eigenvalue weighted by atomic mass is 16.5. The topological polar surface area (TPSA) is 18.5 Å². The molecule has 0 aliphatic heterocycles. The number of hydrogen-bond donors (Lipinski definition) is 0. The number of methoxy groups -OCH3 is 2. The van der Waals surface area contributed by atoms with Crippen molar-refractivity contribution in [3.8, 4) is 5.75 Å². The normalized spacial score (nSPS) is 11.4. The third kappa shape index (κ3) is 6.32. The van der Waals surface area contributed by atoms with E-state index in [0.717, 1.165) is 25.2 Å². The number of benzene rings is 1. The Balaban J connectivity index is 0.000000437. The van der Waals surface area contributed by atoms with Gasteiger partial charge in [-0.1, -0.05) is 39.0 Å². The molecule has 0 N–H and O–H groups in total. The summed E-state index contributed by atoms with van der Waals surface area (Å²) in [4.78, 5) is 0. The van der Waals surface area contributed by atoms with E-state index < -0.39 is 0 Å². The van der Waals surface area contributed by atoms with Crippen molar-refractivity contribution in [1.82, 2.24) is 0 Å². The smallest absolute Gasteiger partial charge is 0.122 e. The van der Waals surface area contributed by atoms with Crippen LogP contribution in [-0.4, -0.2) is 20.8 Å². The van der Waals surface area contributed by atoms with E-state index in [1.807, 2.05) is 12.1 Å². The fourth-order valence-corrected chi connectivity index (χ4v) is 1.50. The molecule has 0 heterocycles. The summed E-state index contributed by atoms with van der Waals surface area (Å²) in [7, 11) is 3.44. The van der Waals surface area contributed by atoms with E-state index in [1.165, 1.54) is 5.56 Å². The lowest BCUT2D eigenvalue weighted by atomic mass is 9.98. The highest BCUT2D eigenvalue weighted by molar-refractivity contribution is 5.35. The molecule has 0 bridgehead atoms. The summed E-state index contributed by atoms with van der Waals surface area (Å²) in [6, 6.07) is 8.21. The molecule has 0 spiro atoms. The average molecular weight is 238 g/mol. The number of hydrogen-bond acceptors (Lipinski definition) is 2. The van der Waals surface area contributed by atoms with Crippen LogP contribution in [0.15, 0.2) is 24.3 Å². The van der Waals surface area contributed by atoms with Crippen molar-refractivity contribution in [1.29, 1.82) is 0 Å². The molecule has 0 aliphatic carbocycles. The Hall–Kier alpha value is -1.02. The van der Waals surface area contributed by atoms with Gasteiger partial charge in [-0.05, 0) is 30.4 Å². The van der Waals surface area contributed by atoms with Gasteiger partial charge < -0.3 is 9.47 Å². The van der Waals surface area contributed by atoms with Crippen LogP contribution in [-0.2, 0) is 4.74 Å². The predicted octanol–water partition coefficient (Wildman–Crippen LogP) is 4.25. The van der Waals surface area contributed by atoms with Crippen LogP contribution in [0.5, 0.6) is 5.75 Å². The molecule has 1 aromatic carbocycles. The van der Waals surface area contributed by atoms with E-state index >= 15 is 0 Å². The first-order valence-corrected chi connectivity index (χ1v) is 6.33. The molecule has 0 saturated heterocycles. The van der Waals surface area contributed by atoms with Gasteiger partial charge in [0.25, 0.3) is 0 Å². The molecule has 0 aliphatic rings. The fourth-order valence-electron chi connectivity index (χ4n) is 1.50. The second-order valence-corrected chi connectivity index (χ2v) is 4.04. The van der Waals surface area contributed by atoms with Gasteiger partial charge in [-0.2, -0.15) is 0 Å². The molecule has 2 heteroatoms. The molecule has 1 atom stereocenters. The Morgan fingerprint density at radius 3 is 2.18 bits per heavy atom. The lowest BCUT2D eigenvalue weighted by Crippen LogP contribution is -1.95. The molecule has 0 aromatic heterocycles. The zero-order chi connectivity index (χ0) is 13.1. The van der Waals surface area contributed by atoms with Crippen molar-refractivity contribution in [3.05, 3.63) is 29.8 Å². The van der Waals surface area contributed by atoms with Gasteiger partial charge in [0, 0.05) is 13.7 Å². The summed E-state index contributed by atoms with van der Waals surface area (Å²) >= 11 is 0. The van der Waals surface area contributed by atoms with E-state index in [0.29, 0.717) is 5.92 Å². The molecule has 17 heavy (non-hydrogen) atoms. The molecular weight excluding hydrogens is 212 g/mol. The van der Waals surface area contributed by atoms with Gasteiger partial charge in [0.15, 0.2) is 0 Å². The van der Waals surface area contributed by atoms with Crippen LogP contribution >= 0.6 is 0 Å². The van der Waals surface area contributed by atoms with E-state index in [9.17, 15) is 0 Å². The third-order valence-electron chi connectivity index (χ3n) is 2.69. The summed E-state index contributed by atoms with van der Waals surface area (Å²) in [5, 5.41) is 0. The van der Waals surface area contributed by atoms with Crippen molar-refractivity contribution in [2.75, 3.05) is 20.8 Å². The van der Waals surface area contributed by atoms with E-state index in [-0.39, 0.29) is 0 Å². The van der Waals surface area contributed by atoms with Crippen LogP contribution in [0.2, 0.25) is 0 Å². The molecule has 0 radical (unpaired) electrons. The summed E-state index contributed by atoms with van der Waals surface area (Å²) in [5.74, 6) is 1.59. The third-order valence-corrected chi connectivity index (χ3v) is 2.69. The Morgan fingerprint density at radius 1 is 1.12 bits per heavy atom. The summed E-state index contributed by atoms with van der Waals surface area (Å²) in [5.41, 5.74) is 1.31. The van der Waals surface area contributed by atoms with Gasteiger partial charge in [0.1, 0.15) is 5.75 Å². The van der Waals surface area contributed by atoms with Crippen molar-refractivity contribution >= 4 is 0 Å². The van der Waals surface area contributed by atoms with Crippen molar-refractivity contribution in [3.63, 3.8) is 0 Å². The second-order valence-electron chi connectivity index (χ2n) is 4.04. The van der Waals surface area contributed by atoms with E-state index in [1.54, 1.807) is 14.2 Å². The van der Waals surface area contributed by atoms with Gasteiger partial charge >= 0.3 is 0 Å². The maximum Gasteiger partial charge on any atom is 0.122 e. The lowest BCUT2D eigenvalue weighted by molar-refractivity contribution is 0.199. The number of para-hydroxylation sites is 1. The van der Waals surface area contributed by atoms with Crippen LogP contribution in [0, 0.1) is 0 Å². The number of rotatable bonds is 5. The summed E-state index contributed by atoms with van der Waals surface area (Å²) in [6.07, 6.45) is 2.27. The molecule has 1 rings (SSSR count). The van der Waals surface area contributed by atoms with Crippen LogP contribution in [0.1, 0.15) is 45.1 Å². The van der Waals surface area contributed by atoms with Gasteiger partial charge in [0.2, 0.25) is 0 Å². The molecule has 1 unspecified atom stereocenters. The van der Waals surface area contributed by atoms with Crippen LogP contribution < -0.4 is 4.74 Å². The van der Waals surface area contributed by atoms with Crippen molar-refractivity contribution < 1.29 is 9.47 Å². The minimum Gasteiger partial charge on any atom is -0.496 e. The van der Waals surface area contributed by atoms with Gasteiger partial charge in [-0.15, -0.1) is 0 Å². The SMILES string of the molecule is CCC(C)c1ccccc1OC.CCCOC. The molecule has 0 fully saturated rings. The second kappa shape index (κ2) is 10.2. The highest BCUT2D eigenvalue weighted by Gasteiger charge is 2.07. The van der Waals surface area contributed by atoms with Crippen LogP contribution in [0.25, 0.3) is 0 Å². The van der Waals surface area contributed by atoms with E-state index in [4.69, 9.17) is 9.47 Å². The van der Waals surface area contributed by atoms with Gasteiger partial charge in [0.05, 0.1) is 7.11 Å². The molecule has 1 aromatic rings. The van der Waals surface area contributed by atoms with Crippen LogP contribution in [0.4, 0.5) is 0 Å². The van der Waals surface area contributed by atoms with Gasteiger partial charge in [-0.3, -0.25) is 0 Å². The zero-order valence-corrected chi connectivity index (χ0v) is 11.8. The Bertz CT molecular complexity index is 282. The van der Waals surface area contributed by atoms with Crippen LogP contribution in [0.3, 0.4) is 0 Å². The fraction of sp³-hybridized carbons (Fsp3) is 0.600. The standard InChI is InChI=1S/C11H16O.C4H10O/c1-4-9(2)10-7-5-6-8-11(10)12-3;1-3-4-5-2/h5-9H,4H2,1-3H3;3-4H2,1-2H3. The van der Waals surface area contributed by atoms with Gasteiger partial charge in [-0.25, -0.2) is 0 Å². The molecule has 2 nitrogen and oxygen atoms in total. The van der Waals surface area contributed by atoms with E-state index in [2.05, 4.69) is 32.9 Å². The number of ether oxygens (including phenoxy) is 2. The monoisotopic (exact) mass is 238 g/mol. The molecule has 0 saturated carbocycles. The lowest BCUT2D eigenvalue weighted by Gasteiger charge is -2.12. The maximum atomic E-state index is 5.27. The molecule has 0 amide bonds. The largest absolute Gasteiger partial charge is 0.496 e. The van der Waals surface area contributed by atoms with Crippen molar-refractivity contribution in [2.24, 2.45) is 0 Å². The minimum absolute atomic E-state index is 0.584. The molecule has 98 valence electrons. The Labute approximate surface area is 106 Å². The van der Waals surface area contributed by atoms with Crippen molar-refractivity contribution in [2.45, 2.75) is 39.5 Å². The summed E-state index contributed by atoms with van der Waals surface area (Å²) in [6.45, 7) is 7.39. The first kappa shape index (κ1) is 16.0. The first-order chi connectivity index (χ1) is 8.21. The first-order valence-electron chi connectivity index (χ1n) is 6.33. The maximum absolute atomic E-state index is 5.27. The Morgan fingerprint density at radius 2 is 1.76 bits per heavy atom. The highest BCUT2D eigenvalue weighted by Crippen LogP contribution is 2.27. The zero-order valence-electron chi connectivity index (χ0n) is 11.8.